The summed E-state index contributed by atoms with van der Waals surface area (Å²) in [4.78, 5) is 12.4. The van der Waals surface area contributed by atoms with Crippen LogP contribution in [-0.4, -0.2) is 5.78 Å². The van der Waals surface area contributed by atoms with Crippen molar-refractivity contribution < 1.29 is 4.79 Å². The van der Waals surface area contributed by atoms with E-state index < -0.39 is 0 Å². The molecule has 1 saturated carbocycles. The Labute approximate surface area is 108 Å². The Balaban J connectivity index is 2.14. The Morgan fingerprint density at radius 2 is 1.88 bits per heavy atom. The SMILES string of the molecule is CC1CCC(C(=O)c2ccccc2Cl)CC1C. The molecule has 0 aliphatic heterocycles. The topological polar surface area (TPSA) is 17.1 Å². The van der Waals surface area contributed by atoms with E-state index in [2.05, 4.69) is 13.8 Å². The van der Waals surface area contributed by atoms with Crippen LogP contribution in [0.4, 0.5) is 0 Å². The van der Waals surface area contributed by atoms with Gasteiger partial charge in [-0.1, -0.05) is 37.6 Å². The molecule has 1 nitrogen and oxygen atoms in total. The third-order valence-electron chi connectivity index (χ3n) is 4.11. The van der Waals surface area contributed by atoms with Gasteiger partial charge >= 0.3 is 0 Å². The van der Waals surface area contributed by atoms with Crippen molar-refractivity contribution in [2.24, 2.45) is 17.8 Å². The summed E-state index contributed by atoms with van der Waals surface area (Å²) in [7, 11) is 0. The molecule has 0 amide bonds. The number of rotatable bonds is 2. The molecule has 0 bridgehead atoms. The van der Waals surface area contributed by atoms with E-state index in [1.165, 1.54) is 0 Å². The number of benzene rings is 1. The molecule has 0 heterocycles. The third kappa shape index (κ3) is 2.71. The number of halogens is 1. The molecule has 0 spiro atoms. The molecular weight excluding hydrogens is 232 g/mol. The van der Waals surface area contributed by atoms with E-state index in [9.17, 15) is 4.79 Å². The zero-order valence-corrected chi connectivity index (χ0v) is 11.2. The van der Waals surface area contributed by atoms with Crippen molar-refractivity contribution in [3.8, 4) is 0 Å². The van der Waals surface area contributed by atoms with E-state index in [4.69, 9.17) is 11.6 Å². The van der Waals surface area contributed by atoms with Crippen molar-refractivity contribution in [2.75, 3.05) is 0 Å². The van der Waals surface area contributed by atoms with Gasteiger partial charge in [0.15, 0.2) is 5.78 Å². The predicted molar refractivity (Wildman–Crippen MR) is 71.5 cm³/mol. The molecule has 1 aromatic rings. The quantitative estimate of drug-likeness (QED) is 0.702. The average molecular weight is 251 g/mol. The minimum atomic E-state index is 0.168. The van der Waals surface area contributed by atoms with Gasteiger partial charge in [-0.25, -0.2) is 0 Å². The van der Waals surface area contributed by atoms with Gasteiger partial charge in [-0.05, 0) is 43.2 Å². The summed E-state index contributed by atoms with van der Waals surface area (Å²) < 4.78 is 0. The Hall–Kier alpha value is -0.820. The highest BCUT2D eigenvalue weighted by atomic mass is 35.5. The lowest BCUT2D eigenvalue weighted by molar-refractivity contribution is 0.0838. The first-order valence-electron chi connectivity index (χ1n) is 6.38. The number of carbonyl (C=O) groups excluding carboxylic acids is 1. The van der Waals surface area contributed by atoms with Gasteiger partial charge in [0.05, 0.1) is 5.02 Å². The predicted octanol–water partition coefficient (Wildman–Crippen LogP) is 4.60. The van der Waals surface area contributed by atoms with Crippen molar-refractivity contribution in [2.45, 2.75) is 33.1 Å². The molecule has 3 atom stereocenters. The summed E-state index contributed by atoms with van der Waals surface area (Å²) >= 11 is 6.08. The highest BCUT2D eigenvalue weighted by Gasteiger charge is 2.30. The summed E-state index contributed by atoms with van der Waals surface area (Å²) in [5, 5.41) is 0.587. The van der Waals surface area contributed by atoms with E-state index in [-0.39, 0.29) is 11.7 Å². The van der Waals surface area contributed by atoms with Crippen LogP contribution in [0, 0.1) is 17.8 Å². The lowest BCUT2D eigenvalue weighted by Gasteiger charge is -2.31. The summed E-state index contributed by atoms with van der Waals surface area (Å²) in [6.07, 6.45) is 3.17. The first-order valence-corrected chi connectivity index (χ1v) is 6.76. The van der Waals surface area contributed by atoms with Gasteiger partial charge in [-0.3, -0.25) is 4.79 Å². The molecule has 1 aliphatic carbocycles. The highest BCUT2D eigenvalue weighted by molar-refractivity contribution is 6.34. The second kappa shape index (κ2) is 5.22. The van der Waals surface area contributed by atoms with Crippen LogP contribution in [0.2, 0.25) is 5.02 Å². The van der Waals surface area contributed by atoms with Crippen molar-refractivity contribution in [1.29, 1.82) is 0 Å². The fourth-order valence-electron chi connectivity index (χ4n) is 2.67. The number of hydrogen-bond acceptors (Lipinski definition) is 1. The van der Waals surface area contributed by atoms with Gasteiger partial charge in [0.1, 0.15) is 0 Å². The molecule has 1 fully saturated rings. The van der Waals surface area contributed by atoms with Gasteiger partial charge in [0.2, 0.25) is 0 Å². The molecule has 0 saturated heterocycles. The zero-order valence-electron chi connectivity index (χ0n) is 10.4. The van der Waals surface area contributed by atoms with Crippen molar-refractivity contribution in [1.82, 2.24) is 0 Å². The lowest BCUT2D eigenvalue weighted by atomic mass is 9.73. The smallest absolute Gasteiger partial charge is 0.167 e. The standard InChI is InChI=1S/C15H19ClO/c1-10-7-8-12(9-11(10)2)15(17)13-5-3-4-6-14(13)16/h3-6,10-12H,7-9H2,1-2H3. The molecule has 1 aromatic carbocycles. The van der Waals surface area contributed by atoms with Crippen LogP contribution in [0.1, 0.15) is 43.5 Å². The van der Waals surface area contributed by atoms with Crippen molar-refractivity contribution >= 4 is 17.4 Å². The Kier molecular flexibility index (Phi) is 3.88. The van der Waals surface area contributed by atoms with E-state index >= 15 is 0 Å². The molecule has 2 heteroatoms. The number of Topliss-reactive ketones (excluding diaryl/α,β-unsaturated/α-hetero) is 1. The van der Waals surface area contributed by atoms with Crippen LogP contribution in [-0.2, 0) is 0 Å². The summed E-state index contributed by atoms with van der Waals surface area (Å²) in [6.45, 7) is 4.53. The molecule has 2 rings (SSSR count). The monoisotopic (exact) mass is 250 g/mol. The number of ketones is 1. The van der Waals surface area contributed by atoms with Crippen LogP contribution in [0.5, 0.6) is 0 Å². The first kappa shape index (κ1) is 12.6. The minimum absolute atomic E-state index is 0.168. The normalized spacial score (nSPS) is 29.0. The van der Waals surface area contributed by atoms with Crippen LogP contribution >= 0.6 is 11.6 Å². The van der Waals surface area contributed by atoms with Gasteiger partial charge < -0.3 is 0 Å². The number of carbonyl (C=O) groups is 1. The highest BCUT2D eigenvalue weighted by Crippen LogP contribution is 2.35. The van der Waals surface area contributed by atoms with Crippen molar-refractivity contribution in [3.05, 3.63) is 34.9 Å². The Morgan fingerprint density at radius 1 is 1.18 bits per heavy atom. The largest absolute Gasteiger partial charge is 0.294 e. The fourth-order valence-corrected chi connectivity index (χ4v) is 2.90. The Bertz CT molecular complexity index is 413. The maximum absolute atomic E-state index is 12.4. The summed E-state index contributed by atoms with van der Waals surface area (Å²) in [5.41, 5.74) is 0.695. The summed E-state index contributed by atoms with van der Waals surface area (Å²) in [5.74, 6) is 1.78. The van der Waals surface area contributed by atoms with Crippen LogP contribution in [0.25, 0.3) is 0 Å². The second-order valence-electron chi connectivity index (χ2n) is 5.31. The van der Waals surface area contributed by atoms with E-state index in [1.807, 2.05) is 18.2 Å². The molecular formula is C15H19ClO. The maximum atomic E-state index is 12.4. The van der Waals surface area contributed by atoms with Crippen LogP contribution < -0.4 is 0 Å². The molecule has 17 heavy (non-hydrogen) atoms. The zero-order chi connectivity index (χ0) is 12.4. The van der Waals surface area contributed by atoms with Gasteiger partial charge in [-0.15, -0.1) is 0 Å². The summed E-state index contributed by atoms with van der Waals surface area (Å²) in [6, 6.07) is 7.38. The fraction of sp³-hybridized carbons (Fsp3) is 0.533. The average Bonchev–Trinajstić information content (AvgIpc) is 2.32. The molecule has 0 N–H and O–H groups in total. The van der Waals surface area contributed by atoms with Crippen LogP contribution in [0.3, 0.4) is 0 Å². The number of hydrogen-bond donors (Lipinski definition) is 0. The van der Waals surface area contributed by atoms with Crippen molar-refractivity contribution in [3.63, 3.8) is 0 Å². The molecule has 1 aliphatic rings. The lowest BCUT2D eigenvalue weighted by Crippen LogP contribution is -2.26. The van der Waals surface area contributed by atoms with E-state index in [0.29, 0.717) is 16.5 Å². The molecule has 3 unspecified atom stereocenters. The first-order chi connectivity index (χ1) is 8.09. The second-order valence-corrected chi connectivity index (χ2v) is 5.72. The maximum Gasteiger partial charge on any atom is 0.167 e. The van der Waals surface area contributed by atoms with Gasteiger partial charge in [0.25, 0.3) is 0 Å². The van der Waals surface area contributed by atoms with Gasteiger partial charge in [-0.2, -0.15) is 0 Å². The molecule has 92 valence electrons. The van der Waals surface area contributed by atoms with Gasteiger partial charge in [0, 0.05) is 11.5 Å². The third-order valence-corrected chi connectivity index (χ3v) is 4.44. The van der Waals surface area contributed by atoms with E-state index in [0.717, 1.165) is 25.2 Å². The van der Waals surface area contributed by atoms with Crippen LogP contribution in [0.15, 0.2) is 24.3 Å². The molecule has 0 radical (unpaired) electrons. The Morgan fingerprint density at radius 3 is 2.53 bits per heavy atom. The molecule has 0 aromatic heterocycles. The minimum Gasteiger partial charge on any atom is -0.294 e. The van der Waals surface area contributed by atoms with E-state index in [1.54, 1.807) is 6.07 Å².